The Kier molecular flexibility index (Phi) is 5.71. The van der Waals surface area contributed by atoms with E-state index in [4.69, 9.17) is 9.47 Å². The van der Waals surface area contributed by atoms with E-state index in [9.17, 15) is 13.2 Å². The van der Waals surface area contributed by atoms with Crippen LogP contribution in [0.3, 0.4) is 0 Å². The van der Waals surface area contributed by atoms with Gasteiger partial charge in [-0.25, -0.2) is 8.42 Å². The first kappa shape index (κ1) is 20.7. The average Bonchev–Trinajstić information content (AvgIpc) is 3.29. The first-order valence-electron chi connectivity index (χ1n) is 10.2. The first-order chi connectivity index (χ1) is 14.4. The number of sulfonamides is 1. The minimum absolute atomic E-state index is 0.198. The molecular formula is C22H26N2O5S. The fourth-order valence-corrected chi connectivity index (χ4v) is 5.55. The standard InChI is InChI=1S/C22H26N2O5S/c1-15-5-6-18(14-21(15)30(26,27)24-9-3-4-10-24)22(25)23-16(2)17-7-8-19-20(13-17)29-12-11-28-19/h5-8,13-14,16H,3-4,9-12H2,1-2H3,(H,23,25). The lowest BCUT2D eigenvalue weighted by atomic mass is 10.1. The minimum atomic E-state index is -3.59. The summed E-state index contributed by atoms with van der Waals surface area (Å²) in [6.45, 7) is 5.70. The quantitative estimate of drug-likeness (QED) is 0.788. The number of aryl methyl sites for hydroxylation is 1. The number of nitrogens with zero attached hydrogens (tertiary/aromatic N) is 1. The van der Waals surface area contributed by atoms with Gasteiger partial charge in [0.05, 0.1) is 10.9 Å². The van der Waals surface area contributed by atoms with E-state index in [0.717, 1.165) is 18.4 Å². The highest BCUT2D eigenvalue weighted by Gasteiger charge is 2.29. The molecule has 1 amide bonds. The van der Waals surface area contributed by atoms with Crippen molar-refractivity contribution in [3.63, 3.8) is 0 Å². The zero-order chi connectivity index (χ0) is 21.3. The second kappa shape index (κ2) is 8.28. The van der Waals surface area contributed by atoms with Crippen molar-refractivity contribution < 1.29 is 22.7 Å². The van der Waals surface area contributed by atoms with Crippen molar-refractivity contribution in [2.45, 2.75) is 37.6 Å². The van der Waals surface area contributed by atoms with Crippen LogP contribution >= 0.6 is 0 Å². The van der Waals surface area contributed by atoms with Crippen molar-refractivity contribution in [2.24, 2.45) is 0 Å². The molecule has 2 heterocycles. The van der Waals surface area contributed by atoms with Crippen molar-refractivity contribution in [3.05, 3.63) is 53.1 Å². The Balaban J connectivity index is 1.53. The van der Waals surface area contributed by atoms with Gasteiger partial charge >= 0.3 is 0 Å². The molecule has 2 aromatic rings. The molecule has 30 heavy (non-hydrogen) atoms. The maximum absolute atomic E-state index is 13.0. The number of rotatable bonds is 5. The highest BCUT2D eigenvalue weighted by molar-refractivity contribution is 7.89. The van der Waals surface area contributed by atoms with E-state index in [1.807, 2.05) is 25.1 Å². The summed E-state index contributed by atoms with van der Waals surface area (Å²) in [5.41, 5.74) is 1.84. The third-order valence-corrected chi connectivity index (χ3v) is 7.59. The molecule has 0 spiro atoms. The second-order valence-electron chi connectivity index (χ2n) is 7.69. The molecule has 1 unspecified atom stereocenters. The summed E-state index contributed by atoms with van der Waals surface area (Å²) in [6, 6.07) is 10.1. The van der Waals surface area contributed by atoms with Crippen molar-refractivity contribution in [2.75, 3.05) is 26.3 Å². The number of carbonyl (C=O) groups excluding carboxylic acids is 1. The fourth-order valence-electron chi connectivity index (χ4n) is 3.78. The van der Waals surface area contributed by atoms with Crippen LogP contribution in [-0.4, -0.2) is 44.9 Å². The van der Waals surface area contributed by atoms with Gasteiger partial charge < -0.3 is 14.8 Å². The molecule has 160 valence electrons. The van der Waals surface area contributed by atoms with E-state index in [0.29, 0.717) is 48.9 Å². The van der Waals surface area contributed by atoms with E-state index < -0.39 is 10.0 Å². The van der Waals surface area contributed by atoms with E-state index >= 15 is 0 Å². The zero-order valence-corrected chi connectivity index (χ0v) is 18.0. The molecule has 0 saturated carbocycles. The highest BCUT2D eigenvalue weighted by Crippen LogP contribution is 2.32. The highest BCUT2D eigenvalue weighted by atomic mass is 32.2. The summed E-state index contributed by atoms with van der Waals surface area (Å²) in [5.74, 6) is 1.03. The van der Waals surface area contributed by atoms with Gasteiger partial charge in [0, 0.05) is 18.7 Å². The molecule has 8 heteroatoms. The molecule has 7 nitrogen and oxygen atoms in total. The molecule has 1 atom stereocenters. The first-order valence-corrected chi connectivity index (χ1v) is 11.6. The Hall–Kier alpha value is -2.58. The molecule has 4 rings (SSSR count). The van der Waals surface area contributed by atoms with Crippen LogP contribution in [0.4, 0.5) is 0 Å². The normalized spacial score (nSPS) is 17.5. The maximum atomic E-state index is 13.0. The van der Waals surface area contributed by atoms with Crippen LogP contribution in [0.5, 0.6) is 11.5 Å². The molecule has 1 fully saturated rings. The number of amides is 1. The Bertz CT molecular complexity index is 1060. The lowest BCUT2D eigenvalue weighted by molar-refractivity contribution is 0.0939. The van der Waals surface area contributed by atoms with Crippen LogP contribution < -0.4 is 14.8 Å². The summed E-state index contributed by atoms with van der Waals surface area (Å²) in [5, 5.41) is 2.94. The van der Waals surface area contributed by atoms with Crippen LogP contribution in [0.25, 0.3) is 0 Å². The smallest absolute Gasteiger partial charge is 0.251 e. The lowest BCUT2D eigenvalue weighted by Crippen LogP contribution is -2.30. The molecule has 2 aliphatic heterocycles. The number of fused-ring (bicyclic) bond motifs is 1. The number of nitrogens with one attached hydrogen (secondary N) is 1. The zero-order valence-electron chi connectivity index (χ0n) is 17.2. The largest absolute Gasteiger partial charge is 0.486 e. The van der Waals surface area contributed by atoms with Crippen LogP contribution in [0.15, 0.2) is 41.3 Å². The molecule has 1 N–H and O–H groups in total. The summed E-state index contributed by atoms with van der Waals surface area (Å²) in [7, 11) is -3.59. The Morgan fingerprint density at radius 2 is 1.73 bits per heavy atom. The van der Waals surface area contributed by atoms with Gasteiger partial charge in [-0.05, 0) is 62.1 Å². The molecule has 2 aromatic carbocycles. The Morgan fingerprint density at radius 3 is 2.47 bits per heavy atom. The molecule has 0 aliphatic carbocycles. The van der Waals surface area contributed by atoms with Crippen LogP contribution in [-0.2, 0) is 10.0 Å². The molecule has 2 aliphatic rings. The van der Waals surface area contributed by atoms with Crippen molar-refractivity contribution in [1.29, 1.82) is 0 Å². The van der Waals surface area contributed by atoms with Gasteiger partial charge in [-0.3, -0.25) is 4.79 Å². The van der Waals surface area contributed by atoms with Gasteiger partial charge in [-0.2, -0.15) is 4.31 Å². The molecular weight excluding hydrogens is 404 g/mol. The third-order valence-electron chi connectivity index (χ3n) is 5.55. The molecule has 0 radical (unpaired) electrons. The summed E-state index contributed by atoms with van der Waals surface area (Å²) >= 11 is 0. The van der Waals surface area contributed by atoms with Gasteiger partial charge in [0.2, 0.25) is 10.0 Å². The SMILES string of the molecule is Cc1ccc(C(=O)NC(C)c2ccc3c(c2)OCCO3)cc1S(=O)(=O)N1CCCC1. The number of hydrogen-bond acceptors (Lipinski definition) is 5. The second-order valence-corrected chi connectivity index (χ2v) is 9.60. The van der Waals surface area contributed by atoms with Gasteiger partial charge in [0.15, 0.2) is 11.5 Å². The Labute approximate surface area is 177 Å². The molecule has 0 bridgehead atoms. The lowest BCUT2D eigenvalue weighted by Gasteiger charge is -2.21. The number of hydrogen-bond donors (Lipinski definition) is 1. The topological polar surface area (TPSA) is 84.9 Å². The molecule has 1 saturated heterocycles. The Morgan fingerprint density at radius 1 is 1.03 bits per heavy atom. The summed E-state index contributed by atoms with van der Waals surface area (Å²) in [4.78, 5) is 13.1. The monoisotopic (exact) mass is 430 g/mol. The average molecular weight is 431 g/mol. The van der Waals surface area contributed by atoms with E-state index in [2.05, 4.69) is 5.32 Å². The molecule has 0 aromatic heterocycles. The summed E-state index contributed by atoms with van der Waals surface area (Å²) in [6.07, 6.45) is 1.73. The predicted molar refractivity (Wildman–Crippen MR) is 112 cm³/mol. The van der Waals surface area contributed by atoms with E-state index in [1.165, 1.54) is 10.4 Å². The maximum Gasteiger partial charge on any atom is 0.251 e. The van der Waals surface area contributed by atoms with E-state index in [1.54, 1.807) is 19.1 Å². The van der Waals surface area contributed by atoms with E-state index in [-0.39, 0.29) is 16.8 Å². The van der Waals surface area contributed by atoms with Gasteiger partial charge in [0.1, 0.15) is 13.2 Å². The number of benzene rings is 2. The van der Waals surface area contributed by atoms with Crippen LogP contribution in [0, 0.1) is 6.92 Å². The van der Waals surface area contributed by atoms with Crippen molar-refractivity contribution >= 4 is 15.9 Å². The summed E-state index contributed by atoms with van der Waals surface area (Å²) < 4.78 is 38.6. The van der Waals surface area contributed by atoms with Gasteiger partial charge in [-0.15, -0.1) is 0 Å². The predicted octanol–water partition coefficient (Wildman–Crippen LogP) is 3.04. The minimum Gasteiger partial charge on any atom is -0.486 e. The van der Waals surface area contributed by atoms with Gasteiger partial charge in [0.25, 0.3) is 5.91 Å². The van der Waals surface area contributed by atoms with Crippen molar-refractivity contribution in [3.8, 4) is 11.5 Å². The fraction of sp³-hybridized carbons (Fsp3) is 0.409. The van der Waals surface area contributed by atoms with Gasteiger partial charge in [-0.1, -0.05) is 12.1 Å². The number of ether oxygens (including phenoxy) is 2. The third kappa shape index (κ3) is 4.02. The van der Waals surface area contributed by atoms with Crippen LogP contribution in [0.2, 0.25) is 0 Å². The van der Waals surface area contributed by atoms with Crippen molar-refractivity contribution in [1.82, 2.24) is 9.62 Å². The number of carbonyl (C=O) groups is 1. The van der Waals surface area contributed by atoms with Crippen LogP contribution in [0.1, 0.15) is 47.3 Å².